The molecule has 0 spiro atoms. The van der Waals surface area contributed by atoms with E-state index in [1.54, 1.807) is 6.07 Å². The number of rotatable bonds is 3. The van der Waals surface area contributed by atoms with E-state index in [-0.39, 0.29) is 17.0 Å². The summed E-state index contributed by atoms with van der Waals surface area (Å²) in [5.74, 6) is -0.801. The SMILES string of the molecule is O=C(Nc1ccc(O)cc1[N+](=O)[O-])c1ccc(Br)c(Cl)c1. The number of carbonyl (C=O) groups is 1. The molecule has 0 unspecified atom stereocenters. The topological polar surface area (TPSA) is 92.5 Å². The summed E-state index contributed by atoms with van der Waals surface area (Å²) in [5, 5.41) is 22.9. The van der Waals surface area contributed by atoms with Gasteiger partial charge in [-0.2, -0.15) is 0 Å². The summed E-state index contributed by atoms with van der Waals surface area (Å²) in [5.41, 5.74) is -0.154. The van der Waals surface area contributed by atoms with E-state index < -0.39 is 16.5 Å². The molecular weight excluding hydrogens is 364 g/mol. The molecule has 0 saturated heterocycles. The zero-order chi connectivity index (χ0) is 15.6. The van der Waals surface area contributed by atoms with Crippen LogP contribution in [0.3, 0.4) is 0 Å². The fraction of sp³-hybridized carbons (Fsp3) is 0. The van der Waals surface area contributed by atoms with Gasteiger partial charge in [0.15, 0.2) is 0 Å². The molecule has 0 heterocycles. The highest BCUT2D eigenvalue weighted by atomic mass is 79.9. The highest BCUT2D eigenvalue weighted by Gasteiger charge is 2.17. The van der Waals surface area contributed by atoms with Crippen molar-refractivity contribution >= 4 is 44.8 Å². The van der Waals surface area contributed by atoms with E-state index >= 15 is 0 Å². The Labute approximate surface area is 132 Å². The van der Waals surface area contributed by atoms with E-state index in [1.165, 1.54) is 24.3 Å². The Hall–Kier alpha value is -2.12. The Kier molecular flexibility index (Phi) is 4.44. The van der Waals surface area contributed by atoms with E-state index in [0.717, 1.165) is 6.07 Å². The lowest BCUT2D eigenvalue weighted by Crippen LogP contribution is -2.13. The van der Waals surface area contributed by atoms with Crippen molar-refractivity contribution < 1.29 is 14.8 Å². The van der Waals surface area contributed by atoms with Crippen LogP contribution in [0.25, 0.3) is 0 Å². The molecule has 108 valence electrons. The average molecular weight is 372 g/mol. The van der Waals surface area contributed by atoms with Crippen molar-refractivity contribution in [3.63, 3.8) is 0 Å². The van der Waals surface area contributed by atoms with Crippen LogP contribution in [-0.4, -0.2) is 15.9 Å². The first-order chi connectivity index (χ1) is 9.88. The summed E-state index contributed by atoms with van der Waals surface area (Å²) in [6.07, 6.45) is 0. The van der Waals surface area contributed by atoms with Crippen LogP contribution < -0.4 is 5.32 Å². The Morgan fingerprint density at radius 3 is 2.62 bits per heavy atom. The lowest BCUT2D eigenvalue weighted by molar-refractivity contribution is -0.384. The van der Waals surface area contributed by atoms with Gasteiger partial charge in [0.05, 0.1) is 16.0 Å². The highest BCUT2D eigenvalue weighted by molar-refractivity contribution is 9.10. The number of hydrogen-bond acceptors (Lipinski definition) is 4. The normalized spacial score (nSPS) is 10.2. The zero-order valence-corrected chi connectivity index (χ0v) is 12.7. The van der Waals surface area contributed by atoms with Crippen molar-refractivity contribution in [2.45, 2.75) is 0 Å². The summed E-state index contributed by atoms with van der Waals surface area (Å²) in [4.78, 5) is 22.3. The van der Waals surface area contributed by atoms with Gasteiger partial charge in [0.1, 0.15) is 11.4 Å². The summed E-state index contributed by atoms with van der Waals surface area (Å²) in [6, 6.07) is 8.03. The number of benzene rings is 2. The second-order valence-corrected chi connectivity index (χ2v) is 5.30. The maximum absolute atomic E-state index is 12.1. The van der Waals surface area contributed by atoms with Gasteiger partial charge < -0.3 is 10.4 Å². The summed E-state index contributed by atoms with van der Waals surface area (Å²) in [6.45, 7) is 0. The fourth-order valence-electron chi connectivity index (χ4n) is 1.61. The van der Waals surface area contributed by atoms with Gasteiger partial charge in [-0.3, -0.25) is 14.9 Å². The largest absolute Gasteiger partial charge is 0.508 e. The molecule has 2 rings (SSSR count). The Morgan fingerprint density at radius 2 is 2.00 bits per heavy atom. The number of hydrogen-bond donors (Lipinski definition) is 2. The first kappa shape index (κ1) is 15.3. The van der Waals surface area contributed by atoms with E-state index in [0.29, 0.717) is 9.50 Å². The molecule has 0 aromatic heterocycles. The third kappa shape index (κ3) is 3.50. The van der Waals surface area contributed by atoms with Crippen molar-refractivity contribution in [2.75, 3.05) is 5.32 Å². The van der Waals surface area contributed by atoms with Gasteiger partial charge in [-0.25, -0.2) is 0 Å². The van der Waals surface area contributed by atoms with Crippen LogP contribution in [0.15, 0.2) is 40.9 Å². The van der Waals surface area contributed by atoms with Crippen molar-refractivity contribution in [3.8, 4) is 5.75 Å². The molecule has 21 heavy (non-hydrogen) atoms. The number of aromatic hydroxyl groups is 1. The highest BCUT2D eigenvalue weighted by Crippen LogP contribution is 2.29. The Balaban J connectivity index is 2.31. The number of amides is 1. The minimum absolute atomic E-state index is 0.0122. The molecule has 0 atom stereocenters. The average Bonchev–Trinajstić information content (AvgIpc) is 2.43. The number of nitrogens with zero attached hydrogens (tertiary/aromatic N) is 1. The van der Waals surface area contributed by atoms with Crippen LogP contribution in [0.4, 0.5) is 11.4 Å². The lowest BCUT2D eigenvalue weighted by Gasteiger charge is -2.07. The van der Waals surface area contributed by atoms with Crippen molar-refractivity contribution in [1.29, 1.82) is 0 Å². The van der Waals surface area contributed by atoms with Gasteiger partial charge in [-0.1, -0.05) is 11.6 Å². The van der Waals surface area contributed by atoms with Crippen LogP contribution in [0.5, 0.6) is 5.75 Å². The van der Waals surface area contributed by atoms with Crippen molar-refractivity contribution in [1.82, 2.24) is 0 Å². The van der Waals surface area contributed by atoms with Gasteiger partial charge in [-0.15, -0.1) is 0 Å². The molecule has 2 N–H and O–H groups in total. The molecule has 2 aromatic carbocycles. The van der Waals surface area contributed by atoms with Gasteiger partial charge in [0, 0.05) is 10.0 Å². The molecule has 0 aliphatic carbocycles. The maximum Gasteiger partial charge on any atom is 0.296 e. The monoisotopic (exact) mass is 370 g/mol. The fourth-order valence-corrected chi connectivity index (χ4v) is 2.04. The molecule has 0 aliphatic rings. The number of nitro benzene ring substituents is 1. The van der Waals surface area contributed by atoms with Gasteiger partial charge in [0.25, 0.3) is 11.6 Å². The minimum Gasteiger partial charge on any atom is -0.508 e. The number of nitro groups is 1. The molecule has 0 radical (unpaired) electrons. The lowest BCUT2D eigenvalue weighted by atomic mass is 10.2. The second-order valence-electron chi connectivity index (χ2n) is 4.04. The molecule has 0 bridgehead atoms. The van der Waals surface area contributed by atoms with E-state index in [4.69, 9.17) is 11.6 Å². The maximum atomic E-state index is 12.1. The molecule has 6 nitrogen and oxygen atoms in total. The summed E-state index contributed by atoms with van der Waals surface area (Å²) in [7, 11) is 0. The molecule has 1 amide bonds. The van der Waals surface area contributed by atoms with E-state index in [9.17, 15) is 20.0 Å². The molecular formula is C13H8BrClN2O4. The van der Waals surface area contributed by atoms with Crippen LogP contribution in [0.2, 0.25) is 5.02 Å². The first-order valence-corrected chi connectivity index (χ1v) is 6.79. The molecule has 0 aliphatic heterocycles. The van der Waals surface area contributed by atoms with Crippen LogP contribution >= 0.6 is 27.5 Å². The Bertz CT molecular complexity index is 736. The van der Waals surface area contributed by atoms with Crippen LogP contribution in [0.1, 0.15) is 10.4 Å². The number of halogens is 2. The van der Waals surface area contributed by atoms with Gasteiger partial charge in [-0.05, 0) is 46.3 Å². The molecule has 2 aromatic rings. The predicted molar refractivity (Wildman–Crippen MR) is 81.9 cm³/mol. The van der Waals surface area contributed by atoms with Gasteiger partial charge in [0.2, 0.25) is 0 Å². The van der Waals surface area contributed by atoms with Crippen molar-refractivity contribution in [2.24, 2.45) is 0 Å². The summed E-state index contributed by atoms with van der Waals surface area (Å²) < 4.78 is 0.635. The number of phenols is 1. The number of carbonyl (C=O) groups excluding carboxylic acids is 1. The smallest absolute Gasteiger partial charge is 0.296 e. The molecule has 0 saturated carbocycles. The number of nitrogens with one attached hydrogen (secondary N) is 1. The van der Waals surface area contributed by atoms with Crippen LogP contribution in [-0.2, 0) is 0 Å². The van der Waals surface area contributed by atoms with Crippen molar-refractivity contribution in [3.05, 3.63) is 61.6 Å². The number of anilines is 1. The first-order valence-electron chi connectivity index (χ1n) is 5.62. The predicted octanol–water partition coefficient (Wildman–Crippen LogP) is 3.97. The minimum atomic E-state index is -0.691. The van der Waals surface area contributed by atoms with E-state index in [2.05, 4.69) is 21.2 Å². The quantitative estimate of drug-likeness (QED) is 0.485. The molecule has 8 heteroatoms. The van der Waals surface area contributed by atoms with E-state index in [1.807, 2.05) is 0 Å². The molecule has 0 fully saturated rings. The zero-order valence-electron chi connectivity index (χ0n) is 10.3. The third-order valence-corrected chi connectivity index (χ3v) is 3.84. The third-order valence-electron chi connectivity index (χ3n) is 2.61. The van der Waals surface area contributed by atoms with Crippen LogP contribution in [0, 0.1) is 10.1 Å². The van der Waals surface area contributed by atoms with Gasteiger partial charge >= 0.3 is 0 Å². The number of phenolic OH excluding ortho intramolecular Hbond substituents is 1. The standard InChI is InChI=1S/C13H8BrClN2O4/c14-9-3-1-7(5-10(9)15)13(19)16-11-4-2-8(18)6-12(11)17(20)21/h1-6,18H,(H,16,19). The Morgan fingerprint density at radius 1 is 1.29 bits per heavy atom. The summed E-state index contributed by atoms with van der Waals surface area (Å²) >= 11 is 9.10. The second kappa shape index (κ2) is 6.11.